The van der Waals surface area contributed by atoms with Crippen LogP contribution in [0, 0.1) is 0 Å². The Kier molecular flexibility index (Phi) is 8.49. The number of hydrogen-bond donors (Lipinski definition) is 3. The maximum absolute atomic E-state index is 11.6. The van der Waals surface area contributed by atoms with Gasteiger partial charge in [-0.15, -0.1) is 0 Å². The minimum atomic E-state index is -1.14. The summed E-state index contributed by atoms with van der Waals surface area (Å²) in [6.45, 7) is -0.115. The zero-order chi connectivity index (χ0) is 20.4. The summed E-state index contributed by atoms with van der Waals surface area (Å²) in [5.41, 5.74) is 8.66. The predicted molar refractivity (Wildman–Crippen MR) is 107 cm³/mol. The Bertz CT molecular complexity index is 789. The Morgan fingerprint density at radius 1 is 0.893 bits per heavy atom. The van der Waals surface area contributed by atoms with Crippen LogP contribution in [-0.2, 0) is 24.1 Å². The molecule has 0 radical (unpaired) electrons. The third kappa shape index (κ3) is 6.39. The van der Waals surface area contributed by atoms with Crippen LogP contribution in [0.2, 0.25) is 0 Å². The van der Waals surface area contributed by atoms with Gasteiger partial charge >= 0.3 is 11.9 Å². The van der Waals surface area contributed by atoms with Crippen molar-refractivity contribution in [1.29, 1.82) is 0 Å². The van der Waals surface area contributed by atoms with E-state index in [1.165, 1.54) is 11.6 Å². The number of aliphatic carboxylic acids is 1. The summed E-state index contributed by atoms with van der Waals surface area (Å²) in [5.74, 6) is -2.12. The van der Waals surface area contributed by atoms with Crippen molar-refractivity contribution in [1.82, 2.24) is 0 Å². The Labute approximate surface area is 165 Å². The number of aryl methyl sites for hydroxylation is 2. The molecule has 28 heavy (non-hydrogen) atoms. The maximum atomic E-state index is 11.6. The molecule has 0 atom stereocenters. The second kappa shape index (κ2) is 11.1. The van der Waals surface area contributed by atoms with Crippen LogP contribution in [0.5, 0.6) is 5.75 Å². The van der Waals surface area contributed by atoms with Crippen LogP contribution >= 0.6 is 0 Å². The first-order valence-electron chi connectivity index (χ1n) is 9.49. The van der Waals surface area contributed by atoms with Gasteiger partial charge in [0.15, 0.2) is 6.61 Å². The zero-order valence-corrected chi connectivity index (χ0v) is 15.9. The van der Waals surface area contributed by atoms with Gasteiger partial charge in [0.25, 0.3) is 0 Å². The van der Waals surface area contributed by atoms with Crippen molar-refractivity contribution in [2.45, 2.75) is 38.5 Å². The lowest BCUT2D eigenvalue weighted by molar-refractivity contribution is -0.139. The number of hydrogen-bond acceptors (Lipinski definition) is 4. The van der Waals surface area contributed by atoms with Gasteiger partial charge in [0.05, 0.1) is 0 Å². The molecule has 6 heteroatoms. The van der Waals surface area contributed by atoms with Crippen molar-refractivity contribution >= 4 is 11.9 Å². The van der Waals surface area contributed by atoms with Crippen LogP contribution in [-0.4, -0.2) is 35.3 Å². The van der Waals surface area contributed by atoms with E-state index in [2.05, 4.69) is 12.1 Å². The number of nitrogens with two attached hydrogens (primary N) is 1. The van der Waals surface area contributed by atoms with Gasteiger partial charge in [0.2, 0.25) is 0 Å². The van der Waals surface area contributed by atoms with E-state index in [9.17, 15) is 14.7 Å². The number of unbranched alkanes of at least 4 members (excludes halogenated alkanes) is 1. The number of aromatic carboxylic acids is 1. The van der Waals surface area contributed by atoms with Crippen LogP contribution in [0.4, 0.5) is 0 Å². The van der Waals surface area contributed by atoms with Gasteiger partial charge in [-0.1, -0.05) is 36.4 Å². The number of rotatable bonds is 12. The summed E-state index contributed by atoms with van der Waals surface area (Å²) in [5, 5.41) is 18.4. The molecule has 0 heterocycles. The third-order valence-electron chi connectivity index (χ3n) is 4.56. The molecule has 0 aromatic heterocycles. The van der Waals surface area contributed by atoms with Crippen molar-refractivity contribution in [3.05, 3.63) is 64.7 Å². The van der Waals surface area contributed by atoms with E-state index in [1.807, 2.05) is 24.3 Å². The Morgan fingerprint density at radius 2 is 1.61 bits per heavy atom. The van der Waals surface area contributed by atoms with Gasteiger partial charge < -0.3 is 20.7 Å². The highest BCUT2D eigenvalue weighted by Crippen LogP contribution is 2.30. The van der Waals surface area contributed by atoms with E-state index in [1.54, 1.807) is 0 Å². The fourth-order valence-corrected chi connectivity index (χ4v) is 3.21. The highest BCUT2D eigenvalue weighted by atomic mass is 16.5. The summed E-state index contributed by atoms with van der Waals surface area (Å²) < 4.78 is 5.38. The number of carboxylic acid groups (broad SMARTS) is 2. The average Bonchev–Trinajstić information content (AvgIpc) is 2.68. The molecule has 0 aliphatic carbocycles. The van der Waals surface area contributed by atoms with Crippen LogP contribution in [0.3, 0.4) is 0 Å². The van der Waals surface area contributed by atoms with Crippen LogP contribution in [0.15, 0.2) is 42.5 Å². The Hall–Kier alpha value is -2.86. The first-order valence-corrected chi connectivity index (χ1v) is 9.49. The van der Waals surface area contributed by atoms with E-state index in [-0.39, 0.29) is 11.3 Å². The maximum Gasteiger partial charge on any atom is 0.341 e. The second-order valence-electron chi connectivity index (χ2n) is 6.65. The van der Waals surface area contributed by atoms with Crippen molar-refractivity contribution in [2.24, 2.45) is 5.73 Å². The van der Waals surface area contributed by atoms with Gasteiger partial charge in [-0.3, -0.25) is 0 Å². The first kappa shape index (κ1) is 21.4. The summed E-state index contributed by atoms with van der Waals surface area (Å²) >= 11 is 0. The minimum Gasteiger partial charge on any atom is -0.481 e. The molecule has 4 N–H and O–H groups in total. The number of carbonyl (C=O) groups is 2. The lowest BCUT2D eigenvalue weighted by atomic mass is 9.94. The molecule has 2 aromatic rings. The summed E-state index contributed by atoms with van der Waals surface area (Å²) in [6.07, 6.45) is 4.93. The van der Waals surface area contributed by atoms with Crippen LogP contribution < -0.4 is 10.5 Å². The molecular formula is C22H27NO5. The largest absolute Gasteiger partial charge is 0.481 e. The lowest BCUT2D eigenvalue weighted by Crippen LogP contribution is -2.15. The quantitative estimate of drug-likeness (QED) is 0.484. The summed E-state index contributed by atoms with van der Waals surface area (Å²) in [4.78, 5) is 22.5. The molecule has 0 bridgehead atoms. The van der Waals surface area contributed by atoms with E-state index >= 15 is 0 Å². The fraction of sp³-hybridized carbons (Fsp3) is 0.364. The van der Waals surface area contributed by atoms with Crippen LogP contribution in [0.25, 0.3) is 0 Å². The van der Waals surface area contributed by atoms with Crippen LogP contribution in [0.1, 0.15) is 46.3 Å². The normalized spacial score (nSPS) is 10.6. The van der Waals surface area contributed by atoms with Gasteiger partial charge in [0, 0.05) is 0 Å². The SMILES string of the molecule is NCCCc1c(CCCCc2ccccc2)ccc(C(=O)O)c1OCC(=O)O. The van der Waals surface area contributed by atoms with E-state index in [4.69, 9.17) is 15.6 Å². The Morgan fingerprint density at radius 3 is 2.25 bits per heavy atom. The fourth-order valence-electron chi connectivity index (χ4n) is 3.21. The molecule has 2 rings (SSSR count). The molecular weight excluding hydrogens is 358 g/mol. The molecule has 0 aliphatic heterocycles. The smallest absolute Gasteiger partial charge is 0.341 e. The van der Waals surface area contributed by atoms with E-state index < -0.39 is 18.5 Å². The average molecular weight is 385 g/mol. The molecule has 0 aliphatic rings. The van der Waals surface area contributed by atoms with Gasteiger partial charge in [-0.05, 0) is 67.8 Å². The molecule has 0 amide bonds. The van der Waals surface area contributed by atoms with E-state index in [0.717, 1.165) is 36.8 Å². The summed E-state index contributed by atoms with van der Waals surface area (Å²) in [6, 6.07) is 13.6. The molecule has 0 fully saturated rings. The van der Waals surface area contributed by atoms with Gasteiger partial charge in [-0.25, -0.2) is 9.59 Å². The van der Waals surface area contributed by atoms with E-state index in [0.29, 0.717) is 19.4 Å². The molecule has 0 saturated carbocycles. The number of carboxylic acids is 2. The topological polar surface area (TPSA) is 110 Å². The molecule has 2 aromatic carbocycles. The third-order valence-corrected chi connectivity index (χ3v) is 4.56. The second-order valence-corrected chi connectivity index (χ2v) is 6.65. The number of benzene rings is 2. The highest BCUT2D eigenvalue weighted by Gasteiger charge is 2.19. The highest BCUT2D eigenvalue weighted by molar-refractivity contribution is 5.92. The predicted octanol–water partition coefficient (Wildman–Crippen LogP) is 3.30. The number of ether oxygens (including phenoxy) is 1. The van der Waals surface area contributed by atoms with Gasteiger partial charge in [-0.2, -0.15) is 0 Å². The van der Waals surface area contributed by atoms with Gasteiger partial charge in [0.1, 0.15) is 11.3 Å². The van der Waals surface area contributed by atoms with Crippen molar-refractivity contribution in [2.75, 3.05) is 13.2 Å². The molecule has 0 saturated heterocycles. The van der Waals surface area contributed by atoms with Crippen molar-refractivity contribution in [3.63, 3.8) is 0 Å². The standard InChI is InChI=1S/C22H27NO5/c23-14-6-11-18-17(10-5-4-9-16-7-2-1-3-8-16)12-13-19(22(26)27)21(18)28-15-20(24)25/h1-3,7-8,12-13H,4-6,9-11,14-15,23H2,(H,24,25)(H,26,27). The lowest BCUT2D eigenvalue weighted by Gasteiger charge is -2.17. The van der Waals surface area contributed by atoms with Crippen molar-refractivity contribution < 1.29 is 24.5 Å². The Balaban J connectivity index is 2.17. The minimum absolute atomic E-state index is 0.0127. The molecule has 6 nitrogen and oxygen atoms in total. The molecule has 150 valence electrons. The summed E-state index contributed by atoms with van der Waals surface area (Å²) in [7, 11) is 0. The first-order chi connectivity index (χ1) is 13.5. The zero-order valence-electron chi connectivity index (χ0n) is 15.9. The van der Waals surface area contributed by atoms with Crippen molar-refractivity contribution in [3.8, 4) is 5.75 Å². The molecule has 0 spiro atoms. The molecule has 0 unspecified atom stereocenters. The monoisotopic (exact) mass is 385 g/mol.